The molecule has 0 aromatic heterocycles. The summed E-state index contributed by atoms with van der Waals surface area (Å²) in [6.45, 7) is 6.58. The number of nitrogens with zero attached hydrogens (tertiary/aromatic N) is 2. The molecule has 2 rings (SSSR count). The lowest BCUT2D eigenvalue weighted by Gasteiger charge is -2.37. The van der Waals surface area contributed by atoms with E-state index in [1.807, 2.05) is 24.0 Å². The molecule has 1 heterocycles. The maximum atomic E-state index is 12.4. The van der Waals surface area contributed by atoms with Gasteiger partial charge in [0.05, 0.1) is 0 Å². The number of aryl methyl sites for hydroxylation is 1. The maximum absolute atomic E-state index is 12.4. The monoisotopic (exact) mass is 247 g/mol. The van der Waals surface area contributed by atoms with E-state index in [0.717, 1.165) is 25.2 Å². The molecule has 1 atom stereocenters. The number of nitrogen functional groups attached to an aromatic ring is 1. The van der Waals surface area contributed by atoms with Crippen molar-refractivity contribution >= 4 is 11.6 Å². The van der Waals surface area contributed by atoms with Crippen molar-refractivity contribution in [2.75, 3.05) is 32.4 Å². The number of amides is 1. The van der Waals surface area contributed by atoms with Crippen molar-refractivity contribution in [3.8, 4) is 0 Å². The molecule has 2 N–H and O–H groups in total. The fourth-order valence-electron chi connectivity index (χ4n) is 2.19. The zero-order valence-electron chi connectivity index (χ0n) is 11.3. The SMILES string of the molecule is Cc1ccc(C(=O)N2CCN(C)C(C)C2)cc1N. The third kappa shape index (κ3) is 2.48. The minimum Gasteiger partial charge on any atom is -0.398 e. The van der Waals surface area contributed by atoms with Crippen LogP contribution in [0.4, 0.5) is 5.69 Å². The Morgan fingerprint density at radius 1 is 1.39 bits per heavy atom. The van der Waals surface area contributed by atoms with E-state index in [2.05, 4.69) is 18.9 Å². The molecule has 4 heteroatoms. The van der Waals surface area contributed by atoms with Crippen LogP contribution in [0.5, 0.6) is 0 Å². The summed E-state index contributed by atoms with van der Waals surface area (Å²) in [6.07, 6.45) is 0. The van der Waals surface area contributed by atoms with Crippen LogP contribution in [0.25, 0.3) is 0 Å². The molecule has 0 saturated carbocycles. The third-order valence-electron chi connectivity index (χ3n) is 3.77. The first-order chi connectivity index (χ1) is 8.49. The van der Waals surface area contributed by atoms with Crippen LogP contribution in [0.15, 0.2) is 18.2 Å². The van der Waals surface area contributed by atoms with Crippen molar-refractivity contribution in [3.05, 3.63) is 29.3 Å². The van der Waals surface area contributed by atoms with Crippen molar-refractivity contribution in [1.82, 2.24) is 9.80 Å². The molecule has 1 aliphatic rings. The number of anilines is 1. The van der Waals surface area contributed by atoms with Crippen LogP contribution in [0.3, 0.4) is 0 Å². The van der Waals surface area contributed by atoms with Crippen LogP contribution < -0.4 is 5.73 Å². The number of nitrogens with two attached hydrogens (primary N) is 1. The Bertz CT molecular complexity index is 458. The first-order valence-corrected chi connectivity index (χ1v) is 6.34. The summed E-state index contributed by atoms with van der Waals surface area (Å²) in [7, 11) is 2.09. The van der Waals surface area contributed by atoms with Gasteiger partial charge in [0.1, 0.15) is 0 Å². The van der Waals surface area contributed by atoms with Crippen LogP contribution in [0.1, 0.15) is 22.8 Å². The van der Waals surface area contributed by atoms with Crippen LogP contribution in [0.2, 0.25) is 0 Å². The van der Waals surface area contributed by atoms with Gasteiger partial charge in [-0.25, -0.2) is 0 Å². The highest BCUT2D eigenvalue weighted by Gasteiger charge is 2.25. The maximum Gasteiger partial charge on any atom is 0.254 e. The van der Waals surface area contributed by atoms with Gasteiger partial charge in [-0.05, 0) is 38.6 Å². The molecule has 98 valence electrons. The van der Waals surface area contributed by atoms with Crippen LogP contribution in [0, 0.1) is 6.92 Å². The predicted octanol–water partition coefficient (Wildman–Crippen LogP) is 1.35. The Balaban J connectivity index is 2.14. The highest BCUT2D eigenvalue weighted by atomic mass is 16.2. The number of piperazine rings is 1. The summed E-state index contributed by atoms with van der Waals surface area (Å²) < 4.78 is 0. The second-order valence-electron chi connectivity index (χ2n) is 5.15. The van der Waals surface area contributed by atoms with E-state index in [1.165, 1.54) is 0 Å². The minimum atomic E-state index is 0.0849. The van der Waals surface area contributed by atoms with E-state index in [4.69, 9.17) is 5.73 Å². The average Bonchev–Trinajstić information content (AvgIpc) is 2.35. The Labute approximate surface area is 108 Å². The standard InChI is InChI=1S/C14H21N3O/c1-10-4-5-12(8-13(10)15)14(18)17-7-6-16(3)11(2)9-17/h4-5,8,11H,6-7,9,15H2,1-3H3. The number of carbonyl (C=O) groups excluding carboxylic acids is 1. The van der Waals surface area contributed by atoms with Crippen LogP contribution in [-0.4, -0.2) is 48.4 Å². The first kappa shape index (κ1) is 12.9. The molecule has 1 unspecified atom stereocenters. The molecule has 1 aliphatic heterocycles. The number of carbonyl (C=O) groups is 1. The Hall–Kier alpha value is -1.55. The molecule has 18 heavy (non-hydrogen) atoms. The molecular formula is C14H21N3O. The lowest BCUT2D eigenvalue weighted by atomic mass is 10.1. The van der Waals surface area contributed by atoms with Gasteiger partial charge in [0.2, 0.25) is 0 Å². The fraction of sp³-hybridized carbons (Fsp3) is 0.500. The van der Waals surface area contributed by atoms with Crippen molar-refractivity contribution in [1.29, 1.82) is 0 Å². The molecule has 1 saturated heterocycles. The van der Waals surface area contributed by atoms with Crippen molar-refractivity contribution in [3.63, 3.8) is 0 Å². The average molecular weight is 247 g/mol. The molecule has 1 aromatic rings. The van der Waals surface area contributed by atoms with Crippen molar-refractivity contribution in [2.45, 2.75) is 19.9 Å². The number of benzene rings is 1. The predicted molar refractivity (Wildman–Crippen MR) is 73.6 cm³/mol. The van der Waals surface area contributed by atoms with E-state index < -0.39 is 0 Å². The van der Waals surface area contributed by atoms with Gasteiger partial charge in [-0.15, -0.1) is 0 Å². The van der Waals surface area contributed by atoms with E-state index >= 15 is 0 Å². The second-order valence-corrected chi connectivity index (χ2v) is 5.15. The third-order valence-corrected chi connectivity index (χ3v) is 3.77. The van der Waals surface area contributed by atoms with Crippen LogP contribution >= 0.6 is 0 Å². The molecule has 1 aromatic carbocycles. The van der Waals surface area contributed by atoms with Crippen LogP contribution in [-0.2, 0) is 0 Å². The highest BCUT2D eigenvalue weighted by Crippen LogP contribution is 2.16. The summed E-state index contributed by atoms with van der Waals surface area (Å²) in [4.78, 5) is 16.5. The number of rotatable bonds is 1. The van der Waals surface area contributed by atoms with E-state index in [-0.39, 0.29) is 5.91 Å². The Kier molecular flexibility index (Phi) is 3.57. The van der Waals surface area contributed by atoms with Crippen molar-refractivity contribution < 1.29 is 4.79 Å². The molecular weight excluding hydrogens is 226 g/mol. The van der Waals surface area contributed by atoms with Gasteiger partial charge in [-0.3, -0.25) is 4.79 Å². The molecule has 1 amide bonds. The Morgan fingerprint density at radius 3 is 2.72 bits per heavy atom. The molecule has 0 spiro atoms. The number of hydrogen-bond donors (Lipinski definition) is 1. The van der Waals surface area contributed by atoms with Gasteiger partial charge < -0.3 is 15.5 Å². The van der Waals surface area contributed by atoms with Crippen molar-refractivity contribution in [2.24, 2.45) is 0 Å². The van der Waals surface area contributed by atoms with Gasteiger partial charge in [-0.2, -0.15) is 0 Å². The topological polar surface area (TPSA) is 49.6 Å². The molecule has 0 radical (unpaired) electrons. The van der Waals surface area contributed by atoms with Gasteiger partial charge in [0, 0.05) is 36.9 Å². The van der Waals surface area contributed by atoms with E-state index in [0.29, 0.717) is 17.3 Å². The van der Waals surface area contributed by atoms with E-state index in [1.54, 1.807) is 6.07 Å². The van der Waals surface area contributed by atoms with Gasteiger partial charge in [-0.1, -0.05) is 6.07 Å². The summed E-state index contributed by atoms with van der Waals surface area (Å²) in [5, 5.41) is 0. The first-order valence-electron chi connectivity index (χ1n) is 6.34. The zero-order chi connectivity index (χ0) is 13.3. The Morgan fingerprint density at radius 2 is 2.11 bits per heavy atom. The second kappa shape index (κ2) is 4.98. The van der Waals surface area contributed by atoms with E-state index in [9.17, 15) is 4.79 Å². The lowest BCUT2D eigenvalue weighted by Crippen LogP contribution is -2.52. The summed E-state index contributed by atoms with van der Waals surface area (Å²) in [6, 6.07) is 5.95. The quantitative estimate of drug-likeness (QED) is 0.762. The molecule has 0 bridgehead atoms. The molecule has 1 fully saturated rings. The number of likely N-dealkylation sites (N-methyl/N-ethyl adjacent to an activating group) is 1. The van der Waals surface area contributed by atoms with Gasteiger partial charge in [0.15, 0.2) is 0 Å². The highest BCUT2D eigenvalue weighted by molar-refractivity contribution is 5.95. The summed E-state index contributed by atoms with van der Waals surface area (Å²) in [5.74, 6) is 0.0849. The number of hydrogen-bond acceptors (Lipinski definition) is 3. The largest absolute Gasteiger partial charge is 0.398 e. The smallest absolute Gasteiger partial charge is 0.254 e. The summed E-state index contributed by atoms with van der Waals surface area (Å²) >= 11 is 0. The lowest BCUT2D eigenvalue weighted by molar-refractivity contribution is 0.0572. The van der Waals surface area contributed by atoms with Gasteiger partial charge >= 0.3 is 0 Å². The fourth-order valence-corrected chi connectivity index (χ4v) is 2.19. The normalized spacial score (nSPS) is 21.1. The molecule has 0 aliphatic carbocycles. The van der Waals surface area contributed by atoms with Gasteiger partial charge in [0.25, 0.3) is 5.91 Å². The summed E-state index contributed by atoms with van der Waals surface area (Å²) in [5.41, 5.74) is 8.24. The zero-order valence-corrected chi connectivity index (χ0v) is 11.3. The minimum absolute atomic E-state index is 0.0849. The molecule has 4 nitrogen and oxygen atoms in total.